The Morgan fingerprint density at radius 1 is 0.913 bits per heavy atom. The van der Waals surface area contributed by atoms with E-state index in [1.165, 1.54) is 12.1 Å². The van der Waals surface area contributed by atoms with E-state index >= 15 is 0 Å². The summed E-state index contributed by atoms with van der Waals surface area (Å²) >= 11 is 5.86. The lowest BCUT2D eigenvalue weighted by Gasteiger charge is -2.05. The van der Waals surface area contributed by atoms with E-state index in [1.807, 2.05) is 24.3 Å². The number of hydrogen-bond acceptors (Lipinski definition) is 3. The van der Waals surface area contributed by atoms with Crippen molar-refractivity contribution in [2.75, 3.05) is 5.32 Å². The van der Waals surface area contributed by atoms with Gasteiger partial charge in [-0.2, -0.15) is 0 Å². The number of anilines is 2. The van der Waals surface area contributed by atoms with Crippen LogP contribution in [-0.2, 0) is 0 Å². The molecule has 0 fully saturated rings. The van der Waals surface area contributed by atoms with Gasteiger partial charge in [-0.25, -0.2) is 14.4 Å². The SMILES string of the molecule is Fc1ccc(/C=C/c2ccnc(Nc3ccc(Cl)cc3)n2)cc1. The number of rotatable bonds is 4. The van der Waals surface area contributed by atoms with Crippen molar-refractivity contribution in [3.05, 3.63) is 82.9 Å². The molecule has 0 aliphatic rings. The van der Waals surface area contributed by atoms with Crippen LogP contribution in [0.4, 0.5) is 16.0 Å². The third-order valence-electron chi connectivity index (χ3n) is 3.09. The van der Waals surface area contributed by atoms with Crippen LogP contribution in [-0.4, -0.2) is 9.97 Å². The molecule has 0 unspecified atom stereocenters. The first-order valence-corrected chi connectivity index (χ1v) is 7.36. The van der Waals surface area contributed by atoms with E-state index < -0.39 is 0 Å². The smallest absolute Gasteiger partial charge is 0.227 e. The molecule has 0 aliphatic carbocycles. The maximum atomic E-state index is 12.9. The molecule has 114 valence electrons. The summed E-state index contributed by atoms with van der Waals surface area (Å²) < 4.78 is 12.9. The Bertz CT molecular complexity index is 814. The number of nitrogens with one attached hydrogen (secondary N) is 1. The first-order chi connectivity index (χ1) is 11.2. The van der Waals surface area contributed by atoms with Crippen molar-refractivity contribution in [3.8, 4) is 0 Å². The van der Waals surface area contributed by atoms with Crippen LogP contribution in [0.25, 0.3) is 12.2 Å². The normalized spacial score (nSPS) is 10.9. The molecule has 3 rings (SSSR count). The molecule has 3 nitrogen and oxygen atoms in total. The second kappa shape index (κ2) is 7.03. The Morgan fingerprint density at radius 2 is 1.65 bits per heavy atom. The second-order valence-electron chi connectivity index (χ2n) is 4.82. The van der Waals surface area contributed by atoms with Crippen molar-refractivity contribution in [1.82, 2.24) is 9.97 Å². The van der Waals surface area contributed by atoms with Gasteiger partial charge < -0.3 is 5.32 Å². The Morgan fingerprint density at radius 3 is 2.39 bits per heavy atom. The van der Waals surface area contributed by atoms with Gasteiger partial charge in [0.1, 0.15) is 5.82 Å². The van der Waals surface area contributed by atoms with Crippen LogP contribution in [0.5, 0.6) is 0 Å². The highest BCUT2D eigenvalue weighted by molar-refractivity contribution is 6.30. The standard InChI is InChI=1S/C18H13ClFN3/c19-14-4-9-16(10-5-14)22-18-21-12-11-17(23-18)8-3-13-1-6-15(20)7-2-13/h1-12H,(H,21,22,23)/b8-3+. The summed E-state index contributed by atoms with van der Waals surface area (Å²) in [5.74, 6) is 0.243. The molecule has 0 saturated carbocycles. The molecule has 1 aromatic heterocycles. The highest BCUT2D eigenvalue weighted by atomic mass is 35.5. The molecule has 1 heterocycles. The van der Waals surface area contributed by atoms with Crippen LogP contribution in [0.1, 0.15) is 11.3 Å². The highest BCUT2D eigenvalue weighted by Gasteiger charge is 1.99. The molecule has 3 aromatic rings. The van der Waals surface area contributed by atoms with Crippen molar-refractivity contribution in [3.63, 3.8) is 0 Å². The largest absolute Gasteiger partial charge is 0.324 e. The van der Waals surface area contributed by atoms with Gasteiger partial charge in [0.25, 0.3) is 0 Å². The summed E-state index contributed by atoms with van der Waals surface area (Å²) in [6.07, 6.45) is 5.39. The van der Waals surface area contributed by atoms with Crippen molar-refractivity contribution in [2.24, 2.45) is 0 Å². The Balaban J connectivity index is 1.74. The molecule has 0 radical (unpaired) electrons. The van der Waals surface area contributed by atoms with Crippen molar-refractivity contribution in [1.29, 1.82) is 0 Å². The summed E-state index contributed by atoms with van der Waals surface area (Å²) in [6, 6.07) is 15.4. The molecular formula is C18H13ClFN3. The molecule has 0 spiro atoms. The van der Waals surface area contributed by atoms with Gasteiger partial charge in [-0.05, 0) is 54.1 Å². The monoisotopic (exact) mass is 325 g/mol. The maximum absolute atomic E-state index is 12.9. The minimum absolute atomic E-state index is 0.251. The minimum Gasteiger partial charge on any atom is -0.324 e. The predicted molar refractivity (Wildman–Crippen MR) is 92.1 cm³/mol. The summed E-state index contributed by atoms with van der Waals surface area (Å²) in [5, 5.41) is 3.79. The average molecular weight is 326 g/mol. The van der Waals surface area contributed by atoms with Gasteiger partial charge in [-0.3, -0.25) is 0 Å². The maximum Gasteiger partial charge on any atom is 0.227 e. The quantitative estimate of drug-likeness (QED) is 0.718. The minimum atomic E-state index is -0.251. The highest BCUT2D eigenvalue weighted by Crippen LogP contribution is 2.17. The number of hydrogen-bond donors (Lipinski definition) is 1. The van der Waals surface area contributed by atoms with E-state index in [-0.39, 0.29) is 5.82 Å². The van der Waals surface area contributed by atoms with E-state index in [0.29, 0.717) is 11.0 Å². The number of halogens is 2. The molecular weight excluding hydrogens is 313 g/mol. The first-order valence-electron chi connectivity index (χ1n) is 6.98. The van der Waals surface area contributed by atoms with Crippen LogP contribution in [0.15, 0.2) is 60.8 Å². The van der Waals surface area contributed by atoms with Gasteiger partial charge in [-0.15, -0.1) is 0 Å². The fourth-order valence-electron chi connectivity index (χ4n) is 1.94. The molecule has 23 heavy (non-hydrogen) atoms. The van der Waals surface area contributed by atoms with Gasteiger partial charge in [0.2, 0.25) is 5.95 Å². The van der Waals surface area contributed by atoms with Gasteiger partial charge in [0.15, 0.2) is 0 Å². The topological polar surface area (TPSA) is 37.8 Å². The molecule has 5 heteroatoms. The second-order valence-corrected chi connectivity index (χ2v) is 5.26. The van der Waals surface area contributed by atoms with E-state index in [9.17, 15) is 4.39 Å². The lowest BCUT2D eigenvalue weighted by Crippen LogP contribution is -1.97. The lowest BCUT2D eigenvalue weighted by molar-refractivity contribution is 0.628. The van der Waals surface area contributed by atoms with Crippen molar-refractivity contribution >= 4 is 35.4 Å². The van der Waals surface area contributed by atoms with E-state index in [2.05, 4.69) is 15.3 Å². The average Bonchev–Trinajstić information content (AvgIpc) is 2.57. The fraction of sp³-hybridized carbons (Fsp3) is 0. The molecule has 0 aliphatic heterocycles. The summed E-state index contributed by atoms with van der Waals surface area (Å²) in [7, 11) is 0. The molecule has 0 bridgehead atoms. The van der Waals surface area contributed by atoms with Crippen LogP contribution >= 0.6 is 11.6 Å². The lowest BCUT2D eigenvalue weighted by atomic mass is 10.2. The summed E-state index contributed by atoms with van der Waals surface area (Å²) in [6.45, 7) is 0. The van der Waals surface area contributed by atoms with Gasteiger partial charge >= 0.3 is 0 Å². The molecule has 1 N–H and O–H groups in total. The van der Waals surface area contributed by atoms with Crippen LogP contribution in [0.2, 0.25) is 5.02 Å². The zero-order chi connectivity index (χ0) is 16.1. The molecule has 2 aromatic carbocycles. The first kappa shape index (κ1) is 15.2. The zero-order valence-corrected chi connectivity index (χ0v) is 12.8. The zero-order valence-electron chi connectivity index (χ0n) is 12.1. The number of benzene rings is 2. The van der Waals surface area contributed by atoms with E-state index in [0.717, 1.165) is 16.9 Å². The summed E-state index contributed by atoms with van der Waals surface area (Å²) in [5.41, 5.74) is 2.51. The Kier molecular flexibility index (Phi) is 4.64. The van der Waals surface area contributed by atoms with E-state index in [4.69, 9.17) is 11.6 Å². The van der Waals surface area contributed by atoms with E-state index in [1.54, 1.807) is 36.5 Å². The van der Waals surface area contributed by atoms with Crippen molar-refractivity contribution < 1.29 is 4.39 Å². The third-order valence-corrected chi connectivity index (χ3v) is 3.35. The predicted octanol–water partition coefficient (Wildman–Crippen LogP) is 5.18. The third kappa shape index (κ3) is 4.37. The van der Waals surface area contributed by atoms with Gasteiger partial charge in [0.05, 0.1) is 5.69 Å². The molecule has 0 saturated heterocycles. The van der Waals surface area contributed by atoms with Crippen LogP contribution in [0.3, 0.4) is 0 Å². The fourth-order valence-corrected chi connectivity index (χ4v) is 2.07. The molecule has 0 amide bonds. The number of aromatic nitrogens is 2. The Hall–Kier alpha value is -2.72. The van der Waals surface area contributed by atoms with Crippen molar-refractivity contribution in [2.45, 2.75) is 0 Å². The van der Waals surface area contributed by atoms with Crippen LogP contribution in [0, 0.1) is 5.82 Å². The Labute approximate surface area is 138 Å². The van der Waals surface area contributed by atoms with Crippen LogP contribution < -0.4 is 5.32 Å². The number of nitrogens with zero attached hydrogens (tertiary/aromatic N) is 2. The van der Waals surface area contributed by atoms with Gasteiger partial charge in [-0.1, -0.05) is 29.8 Å². The molecule has 0 atom stereocenters. The van der Waals surface area contributed by atoms with Gasteiger partial charge in [0, 0.05) is 16.9 Å². The summed E-state index contributed by atoms with van der Waals surface area (Å²) in [4.78, 5) is 8.59.